The minimum absolute atomic E-state index is 0.00177. The highest BCUT2D eigenvalue weighted by atomic mass is 16.2. The molecule has 7 atom stereocenters. The third-order valence-corrected chi connectivity index (χ3v) is 10.9. The van der Waals surface area contributed by atoms with Crippen LogP contribution in [-0.2, 0) is 51.2 Å². The van der Waals surface area contributed by atoms with Crippen molar-refractivity contribution in [1.29, 1.82) is 0 Å². The molecule has 0 spiro atoms. The van der Waals surface area contributed by atoms with Crippen LogP contribution < -0.4 is 60.2 Å². The zero-order valence-electron chi connectivity index (χ0n) is 38.8. The molecule has 67 heavy (non-hydrogen) atoms. The van der Waals surface area contributed by atoms with Crippen LogP contribution in [0.25, 0.3) is 10.9 Å². The van der Waals surface area contributed by atoms with E-state index >= 15 is 0 Å². The standard InChI is InChI=1S/C46H69N13O8/c1-5-6-18-34(55-29(4)60)42(64)53-27(2)40(62)56-35(20-12-13-22-47)44(66)59-38(24-30-15-8-7-9-16-30)45(67)57-36(21-14-23-51-46(49)50)43(65)54-28(3)41(63)58-37(39(48)61)25-31-26-52-33-19-11-10-17-32(31)33/h7-11,15-17,19,26-28,34-38,52H,5-6,12-14,18,20-25,47H2,1-4H3,(H2,48,61)(H,53,64)(H,54,65)(H,55,60)(H,56,62)(H,57,67)(H,58,63)(H,59,66)(H4,49,50,51). The minimum atomic E-state index is -1.28. The van der Waals surface area contributed by atoms with Crippen molar-refractivity contribution >= 4 is 64.1 Å². The van der Waals surface area contributed by atoms with Crippen LogP contribution in [0, 0.1) is 0 Å². The molecular formula is C46H69N13O8. The van der Waals surface area contributed by atoms with E-state index < -0.39 is 89.6 Å². The smallest absolute Gasteiger partial charge is 0.243 e. The average Bonchev–Trinajstić information content (AvgIpc) is 3.70. The summed E-state index contributed by atoms with van der Waals surface area (Å²) in [6.45, 7) is 6.51. The highest BCUT2D eigenvalue weighted by Gasteiger charge is 2.33. The summed E-state index contributed by atoms with van der Waals surface area (Å²) in [6.07, 6.45) is 4.89. The summed E-state index contributed by atoms with van der Waals surface area (Å²) < 4.78 is 0. The third-order valence-electron chi connectivity index (χ3n) is 10.9. The van der Waals surface area contributed by atoms with E-state index in [9.17, 15) is 38.4 Å². The summed E-state index contributed by atoms with van der Waals surface area (Å²) >= 11 is 0. The Morgan fingerprint density at radius 3 is 1.67 bits per heavy atom. The van der Waals surface area contributed by atoms with Gasteiger partial charge in [0.1, 0.15) is 42.3 Å². The van der Waals surface area contributed by atoms with Gasteiger partial charge in [-0.25, -0.2) is 0 Å². The lowest BCUT2D eigenvalue weighted by molar-refractivity contribution is -0.135. The molecule has 0 radical (unpaired) electrons. The third kappa shape index (κ3) is 18.8. The van der Waals surface area contributed by atoms with Gasteiger partial charge in [-0.1, -0.05) is 68.3 Å². The fraction of sp³-hybridized carbons (Fsp3) is 0.500. The summed E-state index contributed by atoms with van der Waals surface area (Å²) in [6, 6.07) is 8.22. The molecule has 366 valence electrons. The number of hydrogen-bond donors (Lipinski definition) is 12. The van der Waals surface area contributed by atoms with Crippen LogP contribution in [0.4, 0.5) is 0 Å². The first-order valence-corrected chi connectivity index (χ1v) is 22.7. The molecule has 7 unspecified atom stereocenters. The Hall–Kier alpha value is -7.03. The molecule has 16 N–H and O–H groups in total. The molecule has 21 heteroatoms. The van der Waals surface area contributed by atoms with E-state index in [1.54, 1.807) is 36.5 Å². The van der Waals surface area contributed by atoms with Crippen molar-refractivity contribution in [3.05, 3.63) is 71.9 Å². The fourth-order valence-corrected chi connectivity index (χ4v) is 7.16. The molecule has 0 saturated carbocycles. The molecule has 0 bridgehead atoms. The lowest BCUT2D eigenvalue weighted by Crippen LogP contribution is -2.60. The number of para-hydroxylation sites is 1. The average molecular weight is 932 g/mol. The molecule has 0 fully saturated rings. The predicted molar refractivity (Wildman–Crippen MR) is 254 cm³/mol. The number of nitrogens with zero attached hydrogens (tertiary/aromatic N) is 1. The van der Waals surface area contributed by atoms with Crippen LogP contribution in [0.15, 0.2) is 65.8 Å². The lowest BCUT2D eigenvalue weighted by atomic mass is 10.0. The Labute approximate surface area is 390 Å². The number of amides is 8. The molecule has 0 aliphatic heterocycles. The molecule has 8 amide bonds. The maximum Gasteiger partial charge on any atom is 0.243 e. The van der Waals surface area contributed by atoms with Crippen LogP contribution in [0.5, 0.6) is 0 Å². The Morgan fingerprint density at radius 1 is 0.582 bits per heavy atom. The number of aromatic nitrogens is 1. The van der Waals surface area contributed by atoms with Crippen molar-refractivity contribution in [3.8, 4) is 0 Å². The molecule has 1 aromatic heterocycles. The Bertz CT molecular complexity index is 2160. The van der Waals surface area contributed by atoms with Gasteiger partial charge in [-0.15, -0.1) is 0 Å². The number of guanidine groups is 1. The van der Waals surface area contributed by atoms with E-state index in [1.165, 1.54) is 20.8 Å². The quantitative estimate of drug-likeness (QED) is 0.0234. The van der Waals surface area contributed by atoms with Crippen molar-refractivity contribution in [1.82, 2.24) is 42.2 Å². The number of fused-ring (bicyclic) bond motifs is 1. The molecule has 21 nitrogen and oxygen atoms in total. The van der Waals surface area contributed by atoms with E-state index in [-0.39, 0.29) is 44.6 Å². The number of carbonyl (C=O) groups excluding carboxylic acids is 8. The van der Waals surface area contributed by atoms with Gasteiger partial charge in [-0.05, 0) is 76.1 Å². The number of carbonyl (C=O) groups is 8. The van der Waals surface area contributed by atoms with Crippen LogP contribution in [0.1, 0.15) is 90.2 Å². The molecule has 3 rings (SSSR count). The van der Waals surface area contributed by atoms with Gasteiger partial charge in [0.15, 0.2) is 5.96 Å². The zero-order valence-corrected chi connectivity index (χ0v) is 38.8. The van der Waals surface area contributed by atoms with Gasteiger partial charge in [-0.2, -0.15) is 0 Å². The Balaban J connectivity index is 1.82. The van der Waals surface area contributed by atoms with Gasteiger partial charge in [0, 0.05) is 43.4 Å². The van der Waals surface area contributed by atoms with Crippen LogP contribution in [0.3, 0.4) is 0 Å². The summed E-state index contributed by atoms with van der Waals surface area (Å²) in [7, 11) is 0. The fourth-order valence-electron chi connectivity index (χ4n) is 7.16. The number of rotatable bonds is 29. The Morgan fingerprint density at radius 2 is 1.09 bits per heavy atom. The SMILES string of the molecule is CCCCC(NC(C)=O)C(=O)NC(C)C(=O)NC(CCCCN)C(=O)NC(Cc1ccccc1)C(=O)NC(CCCN=C(N)N)C(=O)NC(C)C(=O)NC(Cc1c[nH]c2ccccc12)C(N)=O. The molecule has 0 aliphatic rings. The first-order chi connectivity index (χ1) is 31.9. The van der Waals surface area contributed by atoms with Gasteiger partial charge < -0.3 is 65.1 Å². The summed E-state index contributed by atoms with van der Waals surface area (Å²) in [5.74, 6) is -5.54. The van der Waals surface area contributed by atoms with Gasteiger partial charge in [-0.3, -0.25) is 43.3 Å². The first-order valence-electron chi connectivity index (χ1n) is 22.7. The molecule has 2 aromatic carbocycles. The number of H-pyrrole nitrogens is 1. The summed E-state index contributed by atoms with van der Waals surface area (Å²) in [4.78, 5) is 114. The number of nitrogens with one attached hydrogen (secondary N) is 8. The molecular weight excluding hydrogens is 863 g/mol. The lowest BCUT2D eigenvalue weighted by Gasteiger charge is -2.27. The van der Waals surface area contributed by atoms with Crippen molar-refractivity contribution in [2.75, 3.05) is 13.1 Å². The normalized spacial score (nSPS) is 14.1. The number of unbranched alkanes of at least 4 members (excludes halogenated alkanes) is 2. The highest BCUT2D eigenvalue weighted by Crippen LogP contribution is 2.19. The molecule has 0 saturated heterocycles. The van der Waals surface area contributed by atoms with E-state index in [4.69, 9.17) is 22.9 Å². The van der Waals surface area contributed by atoms with E-state index in [2.05, 4.69) is 47.2 Å². The largest absolute Gasteiger partial charge is 0.370 e. The van der Waals surface area contributed by atoms with Gasteiger partial charge in [0.2, 0.25) is 47.3 Å². The number of aliphatic imine (C=N–C) groups is 1. The summed E-state index contributed by atoms with van der Waals surface area (Å²) in [5, 5.41) is 19.5. The second kappa shape index (κ2) is 28.1. The maximum atomic E-state index is 14.3. The topological polar surface area (TPSA) is 353 Å². The molecule has 3 aromatic rings. The van der Waals surface area contributed by atoms with E-state index in [0.717, 1.165) is 22.9 Å². The first kappa shape index (κ1) is 54.3. The van der Waals surface area contributed by atoms with E-state index in [1.807, 2.05) is 31.2 Å². The summed E-state index contributed by atoms with van der Waals surface area (Å²) in [5.41, 5.74) is 24.7. The number of hydrogen-bond acceptors (Lipinski definition) is 10. The highest BCUT2D eigenvalue weighted by molar-refractivity contribution is 5.97. The number of aromatic amines is 1. The van der Waals surface area contributed by atoms with Gasteiger partial charge in [0.05, 0.1) is 0 Å². The second-order valence-electron chi connectivity index (χ2n) is 16.5. The number of primary amides is 1. The molecule has 1 heterocycles. The predicted octanol–water partition coefficient (Wildman–Crippen LogP) is -0.736. The monoisotopic (exact) mass is 932 g/mol. The zero-order chi connectivity index (χ0) is 49.5. The Kier molecular flexibility index (Phi) is 22.8. The van der Waals surface area contributed by atoms with Gasteiger partial charge in [0.25, 0.3) is 0 Å². The minimum Gasteiger partial charge on any atom is -0.370 e. The maximum absolute atomic E-state index is 14.3. The molecule has 0 aliphatic carbocycles. The van der Waals surface area contributed by atoms with Crippen molar-refractivity contribution in [2.24, 2.45) is 27.9 Å². The van der Waals surface area contributed by atoms with Crippen LogP contribution in [-0.4, -0.2) is 114 Å². The van der Waals surface area contributed by atoms with Crippen molar-refractivity contribution in [3.63, 3.8) is 0 Å². The van der Waals surface area contributed by atoms with Crippen LogP contribution in [0.2, 0.25) is 0 Å². The number of nitrogens with two attached hydrogens (primary N) is 4. The van der Waals surface area contributed by atoms with Crippen molar-refractivity contribution < 1.29 is 38.4 Å². The van der Waals surface area contributed by atoms with Crippen molar-refractivity contribution in [2.45, 2.75) is 134 Å². The van der Waals surface area contributed by atoms with Gasteiger partial charge >= 0.3 is 0 Å². The number of benzene rings is 2. The van der Waals surface area contributed by atoms with E-state index in [0.29, 0.717) is 37.8 Å². The second-order valence-corrected chi connectivity index (χ2v) is 16.5. The van der Waals surface area contributed by atoms with Crippen LogP contribution >= 0.6 is 0 Å².